The molecule has 0 amide bonds. The predicted molar refractivity (Wildman–Crippen MR) is 45.2 cm³/mol. The zero-order chi connectivity index (χ0) is 10.8. The molecule has 1 heterocycles. The molecule has 1 aromatic heterocycles. The largest absolute Gasteiger partial charge is 0.418 e. The fourth-order valence-electron chi connectivity index (χ4n) is 1.06. The first-order chi connectivity index (χ1) is 6.46. The van der Waals surface area contributed by atoms with Gasteiger partial charge in [-0.3, -0.25) is 4.98 Å². The van der Waals surface area contributed by atoms with E-state index in [1.807, 2.05) is 0 Å². The van der Waals surface area contributed by atoms with E-state index in [1.165, 1.54) is 12.3 Å². The summed E-state index contributed by atoms with van der Waals surface area (Å²) < 4.78 is 37.2. The van der Waals surface area contributed by atoms with Gasteiger partial charge in [0.05, 0.1) is 17.3 Å². The molecule has 0 saturated carbocycles. The van der Waals surface area contributed by atoms with E-state index in [-0.39, 0.29) is 12.2 Å². The Labute approximate surface area is 78.9 Å². The molecule has 6 heteroatoms. The van der Waals surface area contributed by atoms with Crippen molar-refractivity contribution >= 4 is 0 Å². The van der Waals surface area contributed by atoms with E-state index in [1.54, 1.807) is 0 Å². The number of alkyl halides is 3. The lowest BCUT2D eigenvalue weighted by molar-refractivity contribution is -0.138. The van der Waals surface area contributed by atoms with Gasteiger partial charge in [0.2, 0.25) is 0 Å². The Bertz CT molecular complexity index is 311. The lowest BCUT2D eigenvalue weighted by atomic mass is 10.1. The van der Waals surface area contributed by atoms with E-state index < -0.39 is 17.8 Å². The Kier molecular flexibility index (Phi) is 3.07. The van der Waals surface area contributed by atoms with Gasteiger partial charge in [-0.2, -0.15) is 13.2 Å². The third-order valence-corrected chi connectivity index (χ3v) is 1.75. The van der Waals surface area contributed by atoms with Gasteiger partial charge in [0.25, 0.3) is 0 Å². The standard InChI is InChI=1S/C8H10F3N3/c9-8(10,11)5-2-1-3-14-7(5)6(13)4-12/h1-3,6H,4,12-13H2/t6-/m0/s1. The minimum atomic E-state index is -4.43. The minimum absolute atomic E-state index is 0.0694. The van der Waals surface area contributed by atoms with Gasteiger partial charge in [-0.25, -0.2) is 0 Å². The molecule has 0 unspecified atom stereocenters. The van der Waals surface area contributed by atoms with Crippen LogP contribution in [0.25, 0.3) is 0 Å². The van der Waals surface area contributed by atoms with Crippen molar-refractivity contribution < 1.29 is 13.2 Å². The van der Waals surface area contributed by atoms with Crippen LogP contribution in [0.4, 0.5) is 13.2 Å². The van der Waals surface area contributed by atoms with Crippen LogP contribution in [-0.2, 0) is 6.18 Å². The molecule has 14 heavy (non-hydrogen) atoms. The van der Waals surface area contributed by atoms with Crippen molar-refractivity contribution in [1.82, 2.24) is 4.98 Å². The number of hydrogen-bond donors (Lipinski definition) is 2. The fraction of sp³-hybridized carbons (Fsp3) is 0.375. The van der Waals surface area contributed by atoms with E-state index in [2.05, 4.69) is 4.98 Å². The third kappa shape index (κ3) is 2.21. The number of halogens is 3. The highest BCUT2D eigenvalue weighted by Crippen LogP contribution is 2.32. The van der Waals surface area contributed by atoms with Crippen molar-refractivity contribution in [3.8, 4) is 0 Å². The topological polar surface area (TPSA) is 64.9 Å². The first-order valence-electron chi connectivity index (χ1n) is 3.94. The van der Waals surface area contributed by atoms with Gasteiger partial charge in [0, 0.05) is 12.7 Å². The maximum Gasteiger partial charge on any atom is 0.418 e. The number of nitrogens with two attached hydrogens (primary N) is 2. The van der Waals surface area contributed by atoms with Crippen molar-refractivity contribution in [2.45, 2.75) is 12.2 Å². The quantitative estimate of drug-likeness (QED) is 0.758. The highest BCUT2D eigenvalue weighted by molar-refractivity contribution is 5.25. The molecule has 0 saturated heterocycles. The zero-order valence-corrected chi connectivity index (χ0v) is 7.25. The summed E-state index contributed by atoms with van der Waals surface area (Å²) in [7, 11) is 0. The van der Waals surface area contributed by atoms with Crippen LogP contribution >= 0.6 is 0 Å². The van der Waals surface area contributed by atoms with Crippen LogP contribution in [-0.4, -0.2) is 11.5 Å². The zero-order valence-electron chi connectivity index (χ0n) is 7.25. The summed E-state index contributed by atoms with van der Waals surface area (Å²) in [6, 6.07) is 1.28. The van der Waals surface area contributed by atoms with Crippen molar-refractivity contribution in [3.63, 3.8) is 0 Å². The van der Waals surface area contributed by atoms with E-state index in [0.717, 1.165) is 6.07 Å². The summed E-state index contributed by atoms with van der Waals surface area (Å²) in [6.45, 7) is -0.0694. The summed E-state index contributed by atoms with van der Waals surface area (Å²) in [4.78, 5) is 3.59. The first kappa shape index (κ1) is 10.9. The van der Waals surface area contributed by atoms with Gasteiger partial charge in [-0.15, -0.1) is 0 Å². The maximum atomic E-state index is 12.4. The molecule has 78 valence electrons. The number of nitrogens with zero attached hydrogens (tertiary/aromatic N) is 1. The van der Waals surface area contributed by atoms with Crippen molar-refractivity contribution in [2.75, 3.05) is 6.54 Å². The smallest absolute Gasteiger partial charge is 0.329 e. The SMILES string of the molecule is NC[C@H](N)c1ncccc1C(F)(F)F. The van der Waals surface area contributed by atoms with Gasteiger partial charge in [-0.1, -0.05) is 0 Å². The molecule has 0 aliphatic heterocycles. The molecule has 1 rings (SSSR count). The molecule has 0 spiro atoms. The second kappa shape index (κ2) is 3.93. The van der Waals surface area contributed by atoms with Gasteiger partial charge >= 0.3 is 6.18 Å². The fourth-order valence-corrected chi connectivity index (χ4v) is 1.06. The van der Waals surface area contributed by atoms with Crippen LogP contribution in [0.3, 0.4) is 0 Å². The Morgan fingerprint density at radius 3 is 2.57 bits per heavy atom. The Morgan fingerprint density at radius 2 is 2.07 bits per heavy atom. The van der Waals surface area contributed by atoms with Crippen LogP contribution in [0.5, 0.6) is 0 Å². The number of rotatable bonds is 2. The van der Waals surface area contributed by atoms with Gasteiger partial charge in [0.15, 0.2) is 0 Å². The molecule has 1 aromatic rings. The van der Waals surface area contributed by atoms with E-state index >= 15 is 0 Å². The highest BCUT2D eigenvalue weighted by atomic mass is 19.4. The van der Waals surface area contributed by atoms with Crippen LogP contribution in [0.2, 0.25) is 0 Å². The molecule has 0 radical (unpaired) electrons. The molecule has 0 aliphatic carbocycles. The predicted octanol–water partition coefficient (Wildman–Crippen LogP) is 1.06. The first-order valence-corrected chi connectivity index (χ1v) is 3.94. The van der Waals surface area contributed by atoms with Crippen molar-refractivity contribution in [3.05, 3.63) is 29.6 Å². The maximum absolute atomic E-state index is 12.4. The summed E-state index contributed by atoms with van der Waals surface area (Å²) in [6.07, 6.45) is -3.17. The minimum Gasteiger partial charge on any atom is -0.329 e. The van der Waals surface area contributed by atoms with E-state index in [9.17, 15) is 13.2 Å². The van der Waals surface area contributed by atoms with Gasteiger partial charge < -0.3 is 11.5 Å². The average molecular weight is 205 g/mol. The molecule has 0 bridgehead atoms. The molecule has 0 fully saturated rings. The highest BCUT2D eigenvalue weighted by Gasteiger charge is 2.34. The summed E-state index contributed by atoms with van der Waals surface area (Å²) in [5.74, 6) is 0. The third-order valence-electron chi connectivity index (χ3n) is 1.75. The monoisotopic (exact) mass is 205 g/mol. The van der Waals surface area contributed by atoms with E-state index in [4.69, 9.17) is 11.5 Å². The number of aromatic nitrogens is 1. The molecular formula is C8H10F3N3. The van der Waals surface area contributed by atoms with E-state index in [0.29, 0.717) is 0 Å². The number of pyridine rings is 1. The van der Waals surface area contributed by atoms with Crippen LogP contribution in [0.15, 0.2) is 18.3 Å². The van der Waals surface area contributed by atoms with Crippen molar-refractivity contribution in [2.24, 2.45) is 11.5 Å². The van der Waals surface area contributed by atoms with Crippen LogP contribution in [0, 0.1) is 0 Å². The number of hydrogen-bond acceptors (Lipinski definition) is 3. The molecule has 3 nitrogen and oxygen atoms in total. The van der Waals surface area contributed by atoms with Crippen LogP contribution < -0.4 is 11.5 Å². The molecule has 0 aromatic carbocycles. The van der Waals surface area contributed by atoms with Gasteiger partial charge in [-0.05, 0) is 12.1 Å². The Balaban J connectivity index is 3.16. The average Bonchev–Trinajstić information content (AvgIpc) is 2.15. The lowest BCUT2D eigenvalue weighted by Gasteiger charge is -2.15. The second-order valence-corrected chi connectivity index (χ2v) is 2.78. The second-order valence-electron chi connectivity index (χ2n) is 2.78. The van der Waals surface area contributed by atoms with Crippen molar-refractivity contribution in [1.29, 1.82) is 0 Å². The normalized spacial score (nSPS) is 14.1. The summed E-state index contributed by atoms with van der Waals surface area (Å²) >= 11 is 0. The molecular weight excluding hydrogens is 195 g/mol. The summed E-state index contributed by atoms with van der Waals surface area (Å²) in [5.41, 5.74) is 9.56. The van der Waals surface area contributed by atoms with Crippen LogP contribution in [0.1, 0.15) is 17.3 Å². The van der Waals surface area contributed by atoms with Gasteiger partial charge in [0.1, 0.15) is 0 Å². The Morgan fingerprint density at radius 1 is 1.43 bits per heavy atom. The summed E-state index contributed by atoms with van der Waals surface area (Å²) in [5, 5.41) is 0. The molecule has 1 atom stereocenters. The Hall–Kier alpha value is -1.14. The lowest BCUT2D eigenvalue weighted by Crippen LogP contribution is -2.25. The molecule has 4 N–H and O–H groups in total. The molecule has 0 aliphatic rings.